The number of carbonyl (C=O) groups excluding carboxylic acids is 1. The fourth-order valence-corrected chi connectivity index (χ4v) is 1.04. The third-order valence-electron chi connectivity index (χ3n) is 1.67. The Labute approximate surface area is 75.5 Å². The third-order valence-corrected chi connectivity index (χ3v) is 1.67. The molecule has 68 valence electrons. The van der Waals surface area contributed by atoms with Crippen molar-refractivity contribution in [3.63, 3.8) is 0 Å². The number of aromatic hydroxyl groups is 1. The molecule has 13 heavy (non-hydrogen) atoms. The number of ether oxygens (including phenoxy) is 1. The molecular weight excluding hydrogens is 170 g/mol. The topological polar surface area (TPSA) is 58.9 Å². The van der Waals surface area contributed by atoms with Crippen molar-refractivity contribution in [2.24, 2.45) is 4.99 Å². The molecule has 0 unspecified atom stereocenters. The fraction of sp³-hybridized carbons (Fsp3) is 0.222. The van der Waals surface area contributed by atoms with Gasteiger partial charge in [0.2, 0.25) is 6.08 Å². The summed E-state index contributed by atoms with van der Waals surface area (Å²) < 4.78 is 4.89. The van der Waals surface area contributed by atoms with Crippen LogP contribution in [0.25, 0.3) is 0 Å². The van der Waals surface area contributed by atoms with E-state index in [-0.39, 0.29) is 11.5 Å². The Morgan fingerprint density at radius 3 is 2.77 bits per heavy atom. The zero-order valence-electron chi connectivity index (χ0n) is 7.37. The van der Waals surface area contributed by atoms with Gasteiger partial charge < -0.3 is 9.84 Å². The van der Waals surface area contributed by atoms with E-state index in [1.54, 1.807) is 13.0 Å². The molecule has 1 N–H and O–H groups in total. The number of benzene rings is 1. The molecule has 0 saturated carbocycles. The first-order valence-electron chi connectivity index (χ1n) is 3.65. The zero-order chi connectivity index (χ0) is 9.84. The summed E-state index contributed by atoms with van der Waals surface area (Å²) in [4.78, 5) is 13.5. The van der Waals surface area contributed by atoms with Crippen molar-refractivity contribution in [2.75, 3.05) is 7.11 Å². The summed E-state index contributed by atoms with van der Waals surface area (Å²) in [5, 5.41) is 9.33. The second-order valence-corrected chi connectivity index (χ2v) is 2.49. The number of phenolic OH excluding ortho intramolecular Hbond substituents is 1. The van der Waals surface area contributed by atoms with Crippen LogP contribution in [0.15, 0.2) is 17.1 Å². The maximum Gasteiger partial charge on any atom is 0.240 e. The van der Waals surface area contributed by atoms with Gasteiger partial charge in [-0.05, 0) is 18.6 Å². The summed E-state index contributed by atoms with van der Waals surface area (Å²) in [7, 11) is 1.40. The second kappa shape index (κ2) is 3.74. The van der Waals surface area contributed by atoms with Gasteiger partial charge in [-0.2, -0.15) is 4.99 Å². The van der Waals surface area contributed by atoms with Gasteiger partial charge in [0.25, 0.3) is 0 Å². The van der Waals surface area contributed by atoms with Crippen LogP contribution in [-0.4, -0.2) is 18.3 Å². The zero-order valence-corrected chi connectivity index (χ0v) is 7.37. The number of methoxy groups -OCH3 is 1. The number of phenols is 1. The monoisotopic (exact) mass is 179 g/mol. The Morgan fingerprint density at radius 1 is 1.54 bits per heavy atom. The first-order valence-corrected chi connectivity index (χ1v) is 3.65. The highest BCUT2D eigenvalue weighted by Gasteiger charge is 2.10. The number of nitrogens with zero attached hydrogens (tertiary/aromatic N) is 1. The summed E-state index contributed by atoms with van der Waals surface area (Å²) in [6.45, 7) is 1.76. The average molecular weight is 179 g/mol. The molecule has 0 saturated heterocycles. The molecule has 4 heteroatoms. The highest BCUT2D eigenvalue weighted by molar-refractivity contribution is 5.66. The van der Waals surface area contributed by atoms with Gasteiger partial charge in [0.15, 0.2) is 11.5 Å². The molecule has 0 fully saturated rings. The molecule has 4 nitrogen and oxygen atoms in total. The molecule has 0 bridgehead atoms. The largest absolute Gasteiger partial charge is 0.504 e. The van der Waals surface area contributed by atoms with Crippen LogP contribution < -0.4 is 4.74 Å². The van der Waals surface area contributed by atoms with E-state index >= 15 is 0 Å². The summed E-state index contributed by atoms with van der Waals surface area (Å²) in [5.41, 5.74) is 1.07. The van der Waals surface area contributed by atoms with Crippen LogP contribution in [0.5, 0.6) is 11.5 Å². The van der Waals surface area contributed by atoms with Crippen LogP contribution in [-0.2, 0) is 4.79 Å². The van der Waals surface area contributed by atoms with E-state index < -0.39 is 0 Å². The number of rotatable bonds is 2. The van der Waals surface area contributed by atoms with Crippen molar-refractivity contribution < 1.29 is 14.6 Å². The van der Waals surface area contributed by atoms with Crippen molar-refractivity contribution in [1.29, 1.82) is 0 Å². The lowest BCUT2D eigenvalue weighted by molar-refractivity contribution is 0.374. The van der Waals surface area contributed by atoms with Gasteiger partial charge in [-0.25, -0.2) is 4.79 Å². The summed E-state index contributed by atoms with van der Waals surface area (Å²) in [5.74, 6) is 0.158. The average Bonchev–Trinajstić information content (AvgIpc) is 2.12. The molecule has 0 heterocycles. The van der Waals surface area contributed by atoms with Gasteiger partial charge in [-0.1, -0.05) is 6.07 Å². The van der Waals surface area contributed by atoms with Gasteiger partial charge in [0.1, 0.15) is 5.69 Å². The summed E-state index contributed by atoms with van der Waals surface area (Å²) >= 11 is 0. The summed E-state index contributed by atoms with van der Waals surface area (Å²) in [6, 6.07) is 3.13. The molecule has 1 aromatic rings. The van der Waals surface area contributed by atoms with Crippen molar-refractivity contribution in [2.45, 2.75) is 6.92 Å². The molecule has 1 aromatic carbocycles. The molecule has 0 radical (unpaired) electrons. The van der Waals surface area contributed by atoms with Crippen LogP contribution in [0.1, 0.15) is 5.56 Å². The minimum absolute atomic E-state index is 0.0397. The maximum absolute atomic E-state index is 10.1. The first-order chi connectivity index (χ1) is 6.20. The van der Waals surface area contributed by atoms with Crippen LogP contribution in [0.3, 0.4) is 0 Å². The number of hydrogen-bond donors (Lipinski definition) is 1. The Morgan fingerprint density at radius 2 is 2.23 bits per heavy atom. The van der Waals surface area contributed by atoms with Crippen molar-refractivity contribution in [3.05, 3.63) is 17.7 Å². The third kappa shape index (κ3) is 1.68. The van der Waals surface area contributed by atoms with Crippen molar-refractivity contribution >= 4 is 11.8 Å². The molecule has 1 rings (SSSR count). The number of hydrogen-bond acceptors (Lipinski definition) is 4. The van der Waals surface area contributed by atoms with E-state index in [1.165, 1.54) is 19.3 Å². The number of isocyanates is 1. The van der Waals surface area contributed by atoms with Gasteiger partial charge in [-0.15, -0.1) is 0 Å². The lowest BCUT2D eigenvalue weighted by Crippen LogP contribution is -1.86. The molecule has 0 spiro atoms. The van der Waals surface area contributed by atoms with Gasteiger partial charge in [0.05, 0.1) is 7.11 Å². The minimum atomic E-state index is -0.0397. The minimum Gasteiger partial charge on any atom is -0.504 e. The highest BCUT2D eigenvalue weighted by Crippen LogP contribution is 2.38. The Bertz CT molecular complexity index is 367. The molecular formula is C9H9NO3. The van der Waals surface area contributed by atoms with Crippen LogP contribution >= 0.6 is 0 Å². The number of aryl methyl sites for hydroxylation is 1. The van der Waals surface area contributed by atoms with E-state index in [9.17, 15) is 9.90 Å². The van der Waals surface area contributed by atoms with Gasteiger partial charge >= 0.3 is 0 Å². The standard InChI is InChI=1S/C9H9NO3/c1-6-3-4-7(12)9(13-2)8(6)10-5-11/h3-4,12H,1-2H3. The quantitative estimate of drug-likeness (QED) is 0.555. The molecule has 0 aliphatic rings. The SMILES string of the molecule is COc1c(O)ccc(C)c1N=C=O. The Balaban J connectivity index is 3.42. The second-order valence-electron chi connectivity index (χ2n) is 2.49. The lowest BCUT2D eigenvalue weighted by atomic mass is 10.2. The predicted octanol–water partition coefficient (Wildman–Crippen LogP) is 1.68. The Kier molecular flexibility index (Phi) is 2.67. The first kappa shape index (κ1) is 9.29. The molecule has 0 aliphatic carbocycles. The fourth-order valence-electron chi connectivity index (χ4n) is 1.04. The Hall–Kier alpha value is -1.80. The normalized spacial score (nSPS) is 9.08. The highest BCUT2D eigenvalue weighted by atomic mass is 16.5. The molecule has 0 amide bonds. The van der Waals surface area contributed by atoms with E-state index in [4.69, 9.17) is 4.74 Å². The van der Waals surface area contributed by atoms with Crippen molar-refractivity contribution in [3.8, 4) is 11.5 Å². The lowest BCUT2D eigenvalue weighted by Gasteiger charge is -2.07. The van der Waals surface area contributed by atoms with Gasteiger partial charge in [0, 0.05) is 0 Å². The van der Waals surface area contributed by atoms with Crippen LogP contribution in [0.4, 0.5) is 5.69 Å². The summed E-state index contributed by atoms with van der Waals surface area (Å²) in [6.07, 6.45) is 1.41. The number of aliphatic imine (C=N–C) groups is 1. The van der Waals surface area contributed by atoms with E-state index in [0.29, 0.717) is 5.69 Å². The molecule has 0 atom stereocenters. The van der Waals surface area contributed by atoms with E-state index in [0.717, 1.165) is 5.56 Å². The van der Waals surface area contributed by atoms with E-state index in [2.05, 4.69) is 4.99 Å². The molecule has 0 aromatic heterocycles. The van der Waals surface area contributed by atoms with Gasteiger partial charge in [-0.3, -0.25) is 0 Å². The smallest absolute Gasteiger partial charge is 0.240 e. The maximum atomic E-state index is 10.1. The van der Waals surface area contributed by atoms with Crippen LogP contribution in [0.2, 0.25) is 0 Å². The van der Waals surface area contributed by atoms with E-state index in [1.807, 2.05) is 0 Å². The molecule has 0 aliphatic heterocycles. The van der Waals surface area contributed by atoms with Crippen molar-refractivity contribution in [1.82, 2.24) is 0 Å². The van der Waals surface area contributed by atoms with Crippen LogP contribution in [0, 0.1) is 6.92 Å². The predicted molar refractivity (Wildman–Crippen MR) is 47.2 cm³/mol.